The first-order chi connectivity index (χ1) is 13.0. The van der Waals surface area contributed by atoms with E-state index in [0.29, 0.717) is 49.5 Å². The van der Waals surface area contributed by atoms with Crippen molar-refractivity contribution in [2.45, 2.75) is 38.3 Å². The lowest BCUT2D eigenvalue weighted by Gasteiger charge is -2.47. The zero-order chi connectivity index (χ0) is 19.0. The summed E-state index contributed by atoms with van der Waals surface area (Å²) >= 11 is 0. The van der Waals surface area contributed by atoms with Gasteiger partial charge in [0.1, 0.15) is 11.5 Å². The predicted octanol–water partition coefficient (Wildman–Crippen LogP) is 3.61. The summed E-state index contributed by atoms with van der Waals surface area (Å²) < 4.78 is 20.6. The van der Waals surface area contributed by atoms with Crippen LogP contribution in [0.5, 0.6) is 0 Å². The Kier molecular flexibility index (Phi) is 4.37. The van der Waals surface area contributed by atoms with Crippen molar-refractivity contribution in [3.8, 4) is 0 Å². The second-order valence-corrected chi connectivity index (χ2v) is 7.28. The van der Waals surface area contributed by atoms with E-state index in [1.807, 2.05) is 19.1 Å². The Labute approximate surface area is 156 Å². The number of carbonyl (C=O) groups excluding carboxylic acids is 2. The molecule has 1 fully saturated rings. The highest BCUT2D eigenvalue weighted by Crippen LogP contribution is 2.42. The number of ketones is 1. The molecule has 1 aromatic carbocycles. The maximum Gasteiger partial charge on any atom is 0.317 e. The van der Waals surface area contributed by atoms with E-state index < -0.39 is 5.54 Å². The fourth-order valence-electron chi connectivity index (χ4n) is 3.95. The zero-order valence-corrected chi connectivity index (χ0v) is 15.2. The molecule has 0 bridgehead atoms. The lowest BCUT2D eigenvalue weighted by molar-refractivity contribution is 0.0805. The Morgan fingerprint density at radius 1 is 1.22 bits per heavy atom. The Bertz CT molecular complexity index is 871. The van der Waals surface area contributed by atoms with Crippen LogP contribution in [-0.4, -0.2) is 35.3 Å². The summed E-state index contributed by atoms with van der Waals surface area (Å²) in [6.07, 6.45) is 0.968. The van der Waals surface area contributed by atoms with Crippen LogP contribution in [0.15, 0.2) is 40.8 Å². The summed E-state index contributed by atoms with van der Waals surface area (Å²) in [5.74, 6) is 1.45. The average molecular weight is 371 g/mol. The van der Waals surface area contributed by atoms with Gasteiger partial charge in [-0.05, 0) is 44.0 Å². The number of hydrogen-bond donors (Lipinski definition) is 1. The number of carbonyl (C=O) groups is 2. The number of nitrogens with one attached hydrogen (secondary N) is 1. The third kappa shape index (κ3) is 3.18. The molecular formula is C20H22FN3O3. The highest BCUT2D eigenvalue weighted by molar-refractivity contribution is 6.04. The number of anilines is 1. The summed E-state index contributed by atoms with van der Waals surface area (Å²) in [6.45, 7) is 2.97. The molecule has 0 saturated carbocycles. The Morgan fingerprint density at radius 2 is 1.96 bits per heavy atom. The van der Waals surface area contributed by atoms with Crippen molar-refractivity contribution in [2.24, 2.45) is 0 Å². The monoisotopic (exact) mass is 371 g/mol. The topological polar surface area (TPSA) is 65.8 Å². The normalized spacial score (nSPS) is 18.5. The number of aryl methyl sites for hydroxylation is 1. The van der Waals surface area contributed by atoms with Crippen molar-refractivity contribution < 1.29 is 18.5 Å². The van der Waals surface area contributed by atoms with E-state index in [2.05, 4.69) is 5.32 Å². The molecule has 2 aliphatic heterocycles. The van der Waals surface area contributed by atoms with Crippen LogP contribution in [0.4, 0.5) is 15.0 Å². The van der Waals surface area contributed by atoms with Crippen LogP contribution in [0.25, 0.3) is 0 Å². The summed E-state index contributed by atoms with van der Waals surface area (Å²) in [6, 6.07) is 10.3. The summed E-state index contributed by atoms with van der Waals surface area (Å²) in [7, 11) is 0. The van der Waals surface area contributed by atoms with Gasteiger partial charge in [-0.1, -0.05) is 16.6 Å². The molecule has 0 aliphatic carbocycles. The van der Waals surface area contributed by atoms with Crippen molar-refractivity contribution in [1.82, 2.24) is 10.2 Å². The molecule has 2 aliphatic rings. The van der Waals surface area contributed by atoms with Gasteiger partial charge in [0, 0.05) is 25.1 Å². The lowest BCUT2D eigenvalue weighted by atomic mass is 9.78. The number of hydrogen-bond acceptors (Lipinski definition) is 4. The first kappa shape index (κ1) is 17.6. The molecule has 142 valence electrons. The lowest BCUT2D eigenvalue weighted by Crippen LogP contribution is -2.57. The van der Waals surface area contributed by atoms with Crippen LogP contribution in [0.2, 0.25) is 0 Å². The third-order valence-corrected chi connectivity index (χ3v) is 5.51. The Hall–Kier alpha value is -2.83. The number of furan rings is 1. The number of benzene rings is 1. The minimum atomic E-state index is -0.861. The highest BCUT2D eigenvalue weighted by Gasteiger charge is 2.47. The predicted molar refractivity (Wildman–Crippen MR) is 98.2 cm³/mol. The van der Waals surface area contributed by atoms with Gasteiger partial charge in [0.2, 0.25) is 0 Å². The molecule has 7 heteroatoms. The zero-order valence-electron chi connectivity index (χ0n) is 15.2. The summed E-state index contributed by atoms with van der Waals surface area (Å²) in [5, 5.41) is 3.58. The summed E-state index contributed by atoms with van der Waals surface area (Å²) in [5.41, 5.74) is -0.0975. The van der Waals surface area contributed by atoms with Crippen molar-refractivity contribution in [1.29, 1.82) is 0 Å². The third-order valence-electron chi connectivity index (χ3n) is 5.51. The molecule has 2 aromatic rings. The van der Waals surface area contributed by atoms with Gasteiger partial charge < -0.3 is 14.6 Å². The van der Waals surface area contributed by atoms with E-state index in [1.165, 1.54) is 0 Å². The van der Waals surface area contributed by atoms with Gasteiger partial charge in [-0.2, -0.15) is 0 Å². The van der Waals surface area contributed by atoms with E-state index in [9.17, 15) is 9.59 Å². The van der Waals surface area contributed by atoms with E-state index in [-0.39, 0.29) is 18.2 Å². The molecule has 6 nitrogen and oxygen atoms in total. The average Bonchev–Trinajstić information content (AvgIpc) is 3.10. The molecular weight excluding hydrogens is 349 g/mol. The van der Waals surface area contributed by atoms with Crippen LogP contribution in [-0.2, 0) is 6.54 Å². The molecule has 3 heterocycles. The smallest absolute Gasteiger partial charge is 0.317 e. The second kappa shape index (κ2) is 6.72. The largest absolute Gasteiger partial charge is 0.465 e. The van der Waals surface area contributed by atoms with E-state index in [0.717, 1.165) is 10.9 Å². The number of para-hydroxylation sites is 1. The quantitative estimate of drug-likeness (QED) is 0.819. The maximum absolute atomic E-state index is 15.1. The van der Waals surface area contributed by atoms with Crippen LogP contribution in [0.3, 0.4) is 0 Å². The Morgan fingerprint density at radius 3 is 2.67 bits per heavy atom. The molecule has 0 radical (unpaired) electrons. The molecule has 2 amide bonds. The van der Waals surface area contributed by atoms with Gasteiger partial charge in [0.25, 0.3) is 0 Å². The first-order valence-corrected chi connectivity index (χ1v) is 9.15. The van der Waals surface area contributed by atoms with Gasteiger partial charge in [-0.15, -0.1) is 0 Å². The van der Waals surface area contributed by atoms with Crippen molar-refractivity contribution in [3.63, 3.8) is 0 Å². The number of halogens is 1. The molecule has 1 spiro atoms. The van der Waals surface area contributed by atoms with Crippen LogP contribution in [0.1, 0.15) is 41.1 Å². The Balaban J connectivity index is 1.40. The SMILES string of the molecule is Cc1ccc(CNC(=O)N2CCC3(CC2)CC(=O)c2ccccc2N3F)o1. The number of Topliss-reactive ketones (excluding diaryl/α,β-unsaturated/α-hetero) is 1. The van der Waals surface area contributed by atoms with Crippen molar-refractivity contribution >= 4 is 17.5 Å². The number of amides is 2. The van der Waals surface area contributed by atoms with Gasteiger partial charge in [0.05, 0.1) is 17.8 Å². The number of urea groups is 1. The minimum absolute atomic E-state index is 0.0365. The minimum Gasteiger partial charge on any atom is -0.465 e. The molecule has 27 heavy (non-hydrogen) atoms. The maximum atomic E-state index is 15.1. The van der Waals surface area contributed by atoms with Crippen molar-refractivity contribution in [3.05, 3.63) is 53.5 Å². The van der Waals surface area contributed by atoms with Crippen LogP contribution >= 0.6 is 0 Å². The van der Waals surface area contributed by atoms with Gasteiger partial charge >= 0.3 is 6.03 Å². The molecule has 0 unspecified atom stereocenters. The molecule has 1 saturated heterocycles. The molecule has 1 N–H and O–H groups in total. The van der Waals surface area contributed by atoms with Gasteiger partial charge in [-0.3, -0.25) is 4.79 Å². The fraction of sp³-hybridized carbons (Fsp3) is 0.400. The van der Waals surface area contributed by atoms with E-state index in [1.54, 1.807) is 29.2 Å². The van der Waals surface area contributed by atoms with Crippen LogP contribution in [0, 0.1) is 6.92 Å². The standard InChI is InChI=1S/C20H22FN3O3/c1-14-6-7-15(27-14)13-22-19(26)23-10-8-20(9-11-23)12-18(25)16-4-2-3-5-17(16)24(20)21/h2-7H,8-13H2,1H3,(H,22,26). The van der Waals surface area contributed by atoms with Crippen LogP contribution < -0.4 is 10.4 Å². The van der Waals surface area contributed by atoms with Gasteiger partial charge in [-0.25, -0.2) is 9.92 Å². The number of rotatable bonds is 2. The number of fused-ring (bicyclic) bond motifs is 1. The number of piperidine rings is 1. The van der Waals surface area contributed by atoms with Crippen molar-refractivity contribution in [2.75, 3.05) is 18.2 Å². The van der Waals surface area contributed by atoms with Gasteiger partial charge in [0.15, 0.2) is 5.78 Å². The summed E-state index contributed by atoms with van der Waals surface area (Å²) in [4.78, 5) is 26.5. The molecule has 1 aromatic heterocycles. The first-order valence-electron chi connectivity index (χ1n) is 9.15. The molecule has 0 atom stereocenters. The number of nitrogens with zero attached hydrogens (tertiary/aromatic N) is 2. The fourth-order valence-corrected chi connectivity index (χ4v) is 3.95. The van der Waals surface area contributed by atoms with E-state index >= 15 is 4.48 Å². The number of likely N-dealkylation sites (tertiary alicyclic amines) is 1. The molecule has 4 rings (SSSR count). The highest BCUT2D eigenvalue weighted by atomic mass is 19.2. The van der Waals surface area contributed by atoms with E-state index in [4.69, 9.17) is 4.42 Å². The second-order valence-electron chi connectivity index (χ2n) is 7.28.